The number of halogens is 3. The summed E-state index contributed by atoms with van der Waals surface area (Å²) in [5.74, 6) is -0.141. The van der Waals surface area contributed by atoms with Gasteiger partial charge in [-0.15, -0.1) is 0 Å². The summed E-state index contributed by atoms with van der Waals surface area (Å²) in [7, 11) is 0. The number of alkyl halides is 3. The van der Waals surface area contributed by atoms with E-state index in [0.717, 1.165) is 38.5 Å². The molecule has 4 aliphatic carbocycles. The molecular formula is C26H37F3O4. The van der Waals surface area contributed by atoms with E-state index >= 15 is 0 Å². The standard InChI is InChI=1S/C26H37F3O4/c1-15(4-9-22(30)31)19-7-8-20-18-6-5-16-14-17(33-23(32)26(27,28)29)10-12-24(16,2)21(18)11-13-25(19,20)3/h5,15,17-21H,4,6-14H2,1-3H3,(H,30,31). The van der Waals surface area contributed by atoms with E-state index < -0.39 is 24.2 Å². The molecule has 3 saturated carbocycles. The molecule has 186 valence electrons. The number of fused-ring (bicyclic) bond motifs is 5. The van der Waals surface area contributed by atoms with Gasteiger partial charge < -0.3 is 9.84 Å². The maximum absolute atomic E-state index is 12.7. The normalized spacial score (nSPS) is 41.3. The Morgan fingerprint density at radius 1 is 1.15 bits per heavy atom. The van der Waals surface area contributed by atoms with E-state index in [1.54, 1.807) is 0 Å². The first kappa shape index (κ1) is 24.6. The third-order valence-corrected chi connectivity index (χ3v) is 10.1. The van der Waals surface area contributed by atoms with Gasteiger partial charge in [0.05, 0.1) is 0 Å². The Morgan fingerprint density at radius 2 is 1.88 bits per heavy atom. The van der Waals surface area contributed by atoms with E-state index in [1.807, 2.05) is 0 Å². The second-order valence-electron chi connectivity index (χ2n) is 11.7. The number of carbonyl (C=O) groups excluding carboxylic acids is 1. The summed E-state index contributed by atoms with van der Waals surface area (Å²) >= 11 is 0. The van der Waals surface area contributed by atoms with E-state index in [4.69, 9.17) is 9.84 Å². The van der Waals surface area contributed by atoms with Crippen LogP contribution in [0.1, 0.15) is 85.0 Å². The van der Waals surface area contributed by atoms with Crippen LogP contribution in [0.4, 0.5) is 13.2 Å². The molecule has 4 nitrogen and oxygen atoms in total. The number of hydrogen-bond donors (Lipinski definition) is 1. The lowest BCUT2D eigenvalue weighted by atomic mass is 9.47. The molecule has 3 fully saturated rings. The number of esters is 1. The van der Waals surface area contributed by atoms with Crippen molar-refractivity contribution in [1.82, 2.24) is 0 Å². The summed E-state index contributed by atoms with van der Waals surface area (Å²) in [5, 5.41) is 9.11. The highest BCUT2D eigenvalue weighted by atomic mass is 19.4. The number of carboxylic acid groups (broad SMARTS) is 1. The number of carbonyl (C=O) groups is 2. The van der Waals surface area contributed by atoms with E-state index in [0.29, 0.717) is 42.4 Å². The summed E-state index contributed by atoms with van der Waals surface area (Å²) in [6, 6.07) is 0. The van der Waals surface area contributed by atoms with Crippen LogP contribution in [-0.4, -0.2) is 29.3 Å². The van der Waals surface area contributed by atoms with Crippen LogP contribution >= 0.6 is 0 Å². The lowest BCUT2D eigenvalue weighted by Crippen LogP contribution is -2.51. The zero-order chi connectivity index (χ0) is 24.2. The Morgan fingerprint density at radius 3 is 2.55 bits per heavy atom. The molecule has 0 spiro atoms. The van der Waals surface area contributed by atoms with Gasteiger partial charge in [0.2, 0.25) is 0 Å². The predicted octanol–water partition coefficient (Wildman–Crippen LogP) is 6.54. The number of aliphatic carboxylic acids is 1. The van der Waals surface area contributed by atoms with Crippen molar-refractivity contribution in [3.05, 3.63) is 11.6 Å². The minimum Gasteiger partial charge on any atom is -0.481 e. The van der Waals surface area contributed by atoms with Crippen molar-refractivity contribution in [3.63, 3.8) is 0 Å². The molecular weight excluding hydrogens is 433 g/mol. The number of carboxylic acids is 1. The Labute approximate surface area is 194 Å². The fourth-order valence-corrected chi connectivity index (χ4v) is 8.47. The van der Waals surface area contributed by atoms with Crippen LogP contribution in [0.3, 0.4) is 0 Å². The molecule has 0 bridgehead atoms. The molecule has 0 aromatic rings. The highest BCUT2D eigenvalue weighted by molar-refractivity contribution is 5.75. The molecule has 0 radical (unpaired) electrons. The highest BCUT2D eigenvalue weighted by Crippen LogP contribution is 2.67. The molecule has 7 heteroatoms. The first-order chi connectivity index (χ1) is 15.4. The maximum Gasteiger partial charge on any atom is 0.490 e. The predicted molar refractivity (Wildman–Crippen MR) is 117 cm³/mol. The molecule has 4 aliphatic rings. The van der Waals surface area contributed by atoms with Crippen LogP contribution in [0.25, 0.3) is 0 Å². The molecule has 0 aromatic heterocycles. The van der Waals surface area contributed by atoms with Crippen molar-refractivity contribution >= 4 is 11.9 Å². The summed E-state index contributed by atoms with van der Waals surface area (Å²) < 4.78 is 42.8. The van der Waals surface area contributed by atoms with Crippen LogP contribution in [0.15, 0.2) is 11.6 Å². The molecule has 8 unspecified atom stereocenters. The molecule has 0 saturated heterocycles. The van der Waals surface area contributed by atoms with Crippen molar-refractivity contribution < 1.29 is 32.6 Å². The average molecular weight is 471 g/mol. The summed E-state index contributed by atoms with van der Waals surface area (Å²) in [6.07, 6.45) is 4.79. The third kappa shape index (κ3) is 4.34. The lowest BCUT2D eigenvalue weighted by Gasteiger charge is -2.58. The lowest BCUT2D eigenvalue weighted by molar-refractivity contribution is -0.206. The van der Waals surface area contributed by atoms with Crippen LogP contribution in [0.5, 0.6) is 0 Å². The van der Waals surface area contributed by atoms with Crippen LogP contribution in [0, 0.1) is 40.4 Å². The number of allylic oxidation sites excluding steroid dienone is 1. The second kappa shape index (κ2) is 8.60. The molecule has 8 atom stereocenters. The zero-order valence-corrected chi connectivity index (χ0v) is 19.9. The Hall–Kier alpha value is -1.53. The topological polar surface area (TPSA) is 63.6 Å². The molecule has 4 rings (SSSR count). The summed E-state index contributed by atoms with van der Waals surface area (Å²) in [5.41, 5.74) is 1.39. The van der Waals surface area contributed by atoms with E-state index in [1.165, 1.54) is 12.0 Å². The Kier molecular flexibility index (Phi) is 6.41. The largest absolute Gasteiger partial charge is 0.490 e. The number of rotatable bonds is 5. The SMILES string of the molecule is CC(CCC(=O)O)C1CCC2C3CC=C4CC(OC(=O)C(F)(F)F)CCC4(C)C3CCC12C. The fraction of sp³-hybridized carbons (Fsp3) is 0.846. The average Bonchev–Trinajstić information content (AvgIpc) is 3.08. The van der Waals surface area contributed by atoms with Gasteiger partial charge in [-0.2, -0.15) is 13.2 Å². The van der Waals surface area contributed by atoms with Gasteiger partial charge in [-0.3, -0.25) is 4.79 Å². The monoisotopic (exact) mass is 470 g/mol. The van der Waals surface area contributed by atoms with Gasteiger partial charge in [-0.25, -0.2) is 4.79 Å². The minimum atomic E-state index is -4.94. The van der Waals surface area contributed by atoms with Gasteiger partial charge in [0.25, 0.3) is 0 Å². The highest BCUT2D eigenvalue weighted by Gasteiger charge is 2.59. The van der Waals surface area contributed by atoms with Crippen molar-refractivity contribution in [2.45, 2.75) is 97.3 Å². The van der Waals surface area contributed by atoms with Crippen LogP contribution in [-0.2, 0) is 14.3 Å². The van der Waals surface area contributed by atoms with E-state index in [-0.39, 0.29) is 17.3 Å². The minimum absolute atomic E-state index is 0.0294. The van der Waals surface area contributed by atoms with Gasteiger partial charge in [0.15, 0.2) is 0 Å². The van der Waals surface area contributed by atoms with Gasteiger partial charge in [-0.1, -0.05) is 32.4 Å². The van der Waals surface area contributed by atoms with Gasteiger partial charge in [-0.05, 0) is 91.8 Å². The van der Waals surface area contributed by atoms with E-state index in [2.05, 4.69) is 26.8 Å². The number of hydrogen-bond acceptors (Lipinski definition) is 3. The zero-order valence-electron chi connectivity index (χ0n) is 19.9. The molecule has 1 N–H and O–H groups in total. The van der Waals surface area contributed by atoms with Gasteiger partial charge in [0.1, 0.15) is 6.10 Å². The quantitative estimate of drug-likeness (QED) is 0.366. The molecule has 0 aliphatic heterocycles. The third-order valence-electron chi connectivity index (χ3n) is 10.1. The fourth-order valence-electron chi connectivity index (χ4n) is 8.47. The van der Waals surface area contributed by atoms with Crippen molar-refractivity contribution in [2.75, 3.05) is 0 Å². The summed E-state index contributed by atoms with van der Waals surface area (Å²) in [6.45, 7) is 6.93. The van der Waals surface area contributed by atoms with Gasteiger partial charge in [0, 0.05) is 12.8 Å². The number of ether oxygens (including phenoxy) is 1. The van der Waals surface area contributed by atoms with Crippen molar-refractivity contribution in [2.24, 2.45) is 40.4 Å². The van der Waals surface area contributed by atoms with E-state index in [9.17, 15) is 22.8 Å². The molecule has 0 heterocycles. The first-order valence-electron chi connectivity index (χ1n) is 12.6. The molecule has 0 amide bonds. The van der Waals surface area contributed by atoms with Crippen molar-refractivity contribution in [3.8, 4) is 0 Å². The van der Waals surface area contributed by atoms with Crippen LogP contribution in [0.2, 0.25) is 0 Å². The second-order valence-corrected chi connectivity index (χ2v) is 11.7. The maximum atomic E-state index is 12.7. The van der Waals surface area contributed by atoms with Crippen molar-refractivity contribution in [1.29, 1.82) is 0 Å². The Bertz CT molecular complexity index is 821. The van der Waals surface area contributed by atoms with Gasteiger partial charge >= 0.3 is 18.1 Å². The summed E-state index contributed by atoms with van der Waals surface area (Å²) in [4.78, 5) is 22.4. The Balaban J connectivity index is 1.47. The van der Waals surface area contributed by atoms with Crippen LogP contribution < -0.4 is 0 Å². The smallest absolute Gasteiger partial charge is 0.481 e. The first-order valence-corrected chi connectivity index (χ1v) is 12.6. The molecule has 33 heavy (non-hydrogen) atoms. The molecule has 0 aromatic carbocycles.